The molecule has 0 radical (unpaired) electrons. The van der Waals surface area contributed by atoms with Crippen LogP contribution in [0.1, 0.15) is 54.6 Å². The van der Waals surface area contributed by atoms with E-state index in [-0.39, 0.29) is 17.7 Å². The predicted molar refractivity (Wildman–Crippen MR) is 155 cm³/mol. The molecule has 0 fully saturated rings. The number of likely N-dealkylation sites (N-methyl/N-ethyl adjacent to an activating group) is 1. The Morgan fingerprint density at radius 2 is 1.36 bits per heavy atom. The second kappa shape index (κ2) is 16.1. The van der Waals surface area contributed by atoms with E-state index in [2.05, 4.69) is 28.1 Å². The van der Waals surface area contributed by atoms with Crippen molar-refractivity contribution in [1.82, 2.24) is 20.9 Å². The lowest BCUT2D eigenvalue weighted by Crippen LogP contribution is -2.53. The van der Waals surface area contributed by atoms with Crippen LogP contribution in [0.4, 0.5) is 0 Å². The molecular weight excluding hydrogens is 488 g/mol. The van der Waals surface area contributed by atoms with Crippen molar-refractivity contribution in [2.24, 2.45) is 0 Å². The van der Waals surface area contributed by atoms with E-state index in [0.717, 1.165) is 31.5 Å². The predicted octanol–water partition coefficient (Wildman–Crippen LogP) is 4.30. The van der Waals surface area contributed by atoms with Crippen LogP contribution in [0.2, 0.25) is 0 Å². The maximum atomic E-state index is 13.6. The second-order valence-corrected chi connectivity index (χ2v) is 9.62. The minimum atomic E-state index is -0.787. The molecule has 3 amide bonds. The van der Waals surface area contributed by atoms with Crippen molar-refractivity contribution in [2.45, 2.75) is 58.3 Å². The molecule has 0 aliphatic rings. The molecule has 0 aliphatic carbocycles. The Bertz CT molecular complexity index is 1160. The summed E-state index contributed by atoms with van der Waals surface area (Å²) in [6, 6.07) is 27.3. The first-order chi connectivity index (χ1) is 19.0. The molecular formula is C32H40N4O3. The number of unbranched alkanes of at least 4 members (excludes halogenated alkanes) is 1. The van der Waals surface area contributed by atoms with Crippen molar-refractivity contribution >= 4 is 17.7 Å². The molecule has 3 N–H and O–H groups in total. The van der Waals surface area contributed by atoms with Gasteiger partial charge in [0.1, 0.15) is 12.1 Å². The van der Waals surface area contributed by atoms with Crippen LogP contribution >= 0.6 is 0 Å². The third-order valence-electron chi connectivity index (χ3n) is 6.57. The molecule has 0 saturated carbocycles. The molecule has 0 aromatic heterocycles. The smallest absolute Gasteiger partial charge is 0.251 e. The van der Waals surface area contributed by atoms with E-state index in [4.69, 9.17) is 0 Å². The van der Waals surface area contributed by atoms with Crippen molar-refractivity contribution in [3.8, 4) is 0 Å². The highest BCUT2D eigenvalue weighted by atomic mass is 16.2. The zero-order valence-electron chi connectivity index (χ0n) is 22.9. The van der Waals surface area contributed by atoms with Crippen molar-refractivity contribution in [3.63, 3.8) is 0 Å². The minimum Gasteiger partial charge on any atom is -0.343 e. The third kappa shape index (κ3) is 10.0. The van der Waals surface area contributed by atoms with Crippen LogP contribution in [0.5, 0.6) is 0 Å². The Balaban J connectivity index is 1.58. The zero-order valence-corrected chi connectivity index (χ0v) is 22.9. The summed E-state index contributed by atoms with van der Waals surface area (Å²) in [4.78, 5) is 41.0. The van der Waals surface area contributed by atoms with Crippen LogP contribution in [0, 0.1) is 0 Å². The molecule has 7 heteroatoms. The average Bonchev–Trinajstić information content (AvgIpc) is 2.98. The Hall–Kier alpha value is -3.97. The lowest BCUT2D eigenvalue weighted by Gasteiger charge is -2.28. The molecule has 206 valence electrons. The van der Waals surface area contributed by atoms with E-state index in [1.165, 1.54) is 5.56 Å². The average molecular weight is 529 g/mol. The van der Waals surface area contributed by atoms with E-state index >= 15 is 0 Å². The van der Waals surface area contributed by atoms with Gasteiger partial charge in [0.2, 0.25) is 11.8 Å². The van der Waals surface area contributed by atoms with Gasteiger partial charge in [-0.2, -0.15) is 0 Å². The van der Waals surface area contributed by atoms with Gasteiger partial charge in [-0.05, 0) is 62.9 Å². The Labute approximate surface area is 232 Å². The van der Waals surface area contributed by atoms with E-state index in [1.54, 1.807) is 36.1 Å². The van der Waals surface area contributed by atoms with Crippen molar-refractivity contribution in [1.29, 1.82) is 0 Å². The molecule has 0 saturated heterocycles. The first-order valence-electron chi connectivity index (χ1n) is 13.7. The van der Waals surface area contributed by atoms with Gasteiger partial charge in [-0.1, -0.05) is 78.9 Å². The molecule has 3 aromatic carbocycles. The fourth-order valence-electron chi connectivity index (χ4n) is 4.29. The van der Waals surface area contributed by atoms with Gasteiger partial charge in [0.25, 0.3) is 5.91 Å². The zero-order chi connectivity index (χ0) is 27.9. The molecule has 0 aliphatic heterocycles. The van der Waals surface area contributed by atoms with Gasteiger partial charge in [0.05, 0.1) is 0 Å². The van der Waals surface area contributed by atoms with Gasteiger partial charge in [0.15, 0.2) is 0 Å². The van der Waals surface area contributed by atoms with E-state index in [1.807, 2.05) is 61.5 Å². The number of carbonyl (C=O) groups excluding carboxylic acids is 3. The van der Waals surface area contributed by atoms with Gasteiger partial charge < -0.3 is 20.9 Å². The van der Waals surface area contributed by atoms with Crippen molar-refractivity contribution in [2.75, 3.05) is 13.1 Å². The number of amides is 3. The van der Waals surface area contributed by atoms with E-state index < -0.39 is 12.1 Å². The standard InChI is InChI=1S/C32H40N4O3/c1-3-36(24-27-17-9-5-10-18-27)32(39)29(21-13-14-22-33-23-26-15-7-4-8-16-26)35-30(37)25(2)34-31(38)28-19-11-6-12-20-28/h4-12,15-20,25,29,33H,3,13-14,21-24H2,1-2H3,(H,34,38)(H,35,37). The SMILES string of the molecule is CCN(Cc1ccccc1)C(=O)C(CCCCNCc1ccccc1)NC(=O)C(C)NC(=O)c1ccccc1. The largest absolute Gasteiger partial charge is 0.343 e. The highest BCUT2D eigenvalue weighted by Gasteiger charge is 2.27. The summed E-state index contributed by atoms with van der Waals surface area (Å²) in [5.41, 5.74) is 2.74. The number of benzene rings is 3. The summed E-state index contributed by atoms with van der Waals surface area (Å²) in [7, 11) is 0. The fourth-order valence-corrected chi connectivity index (χ4v) is 4.29. The molecule has 2 unspecified atom stereocenters. The summed E-state index contributed by atoms with van der Waals surface area (Å²) >= 11 is 0. The minimum absolute atomic E-state index is 0.117. The topological polar surface area (TPSA) is 90.5 Å². The van der Waals surface area contributed by atoms with Crippen LogP contribution in [0.3, 0.4) is 0 Å². The molecule has 3 aromatic rings. The first kappa shape index (κ1) is 29.6. The van der Waals surface area contributed by atoms with Crippen LogP contribution in [-0.2, 0) is 22.7 Å². The molecule has 0 heterocycles. The third-order valence-corrected chi connectivity index (χ3v) is 6.57. The number of carbonyl (C=O) groups is 3. The lowest BCUT2D eigenvalue weighted by atomic mass is 10.1. The molecule has 0 bridgehead atoms. The van der Waals surface area contributed by atoms with E-state index in [9.17, 15) is 14.4 Å². The maximum Gasteiger partial charge on any atom is 0.251 e. The molecule has 3 rings (SSSR count). The quantitative estimate of drug-likeness (QED) is 0.257. The number of nitrogens with zero attached hydrogens (tertiary/aromatic N) is 1. The Morgan fingerprint density at radius 1 is 0.769 bits per heavy atom. The second-order valence-electron chi connectivity index (χ2n) is 9.62. The van der Waals surface area contributed by atoms with Gasteiger partial charge in [-0.15, -0.1) is 0 Å². The fraction of sp³-hybridized carbons (Fsp3) is 0.344. The normalized spacial score (nSPS) is 12.3. The highest BCUT2D eigenvalue weighted by Crippen LogP contribution is 2.11. The molecule has 2 atom stereocenters. The molecule has 39 heavy (non-hydrogen) atoms. The van der Waals surface area contributed by atoms with Crippen LogP contribution in [-0.4, -0.2) is 47.8 Å². The number of hydrogen-bond acceptors (Lipinski definition) is 4. The molecule has 7 nitrogen and oxygen atoms in total. The Kier molecular flexibility index (Phi) is 12.2. The number of hydrogen-bond donors (Lipinski definition) is 3. The summed E-state index contributed by atoms with van der Waals surface area (Å²) in [5, 5.41) is 9.10. The lowest BCUT2D eigenvalue weighted by molar-refractivity contribution is -0.137. The Morgan fingerprint density at radius 3 is 1.97 bits per heavy atom. The van der Waals surface area contributed by atoms with Crippen LogP contribution < -0.4 is 16.0 Å². The monoisotopic (exact) mass is 528 g/mol. The van der Waals surface area contributed by atoms with Crippen LogP contribution in [0.15, 0.2) is 91.0 Å². The van der Waals surface area contributed by atoms with Gasteiger partial charge in [-0.25, -0.2) is 0 Å². The van der Waals surface area contributed by atoms with E-state index in [0.29, 0.717) is 25.1 Å². The maximum absolute atomic E-state index is 13.6. The van der Waals surface area contributed by atoms with Crippen LogP contribution in [0.25, 0.3) is 0 Å². The van der Waals surface area contributed by atoms with Crippen molar-refractivity contribution in [3.05, 3.63) is 108 Å². The van der Waals surface area contributed by atoms with Crippen molar-refractivity contribution < 1.29 is 14.4 Å². The van der Waals surface area contributed by atoms with Gasteiger partial charge >= 0.3 is 0 Å². The first-order valence-corrected chi connectivity index (χ1v) is 13.7. The van der Waals surface area contributed by atoms with Gasteiger partial charge in [0, 0.05) is 25.2 Å². The highest BCUT2D eigenvalue weighted by molar-refractivity contribution is 5.98. The number of rotatable bonds is 15. The summed E-state index contributed by atoms with van der Waals surface area (Å²) < 4.78 is 0. The van der Waals surface area contributed by atoms with Gasteiger partial charge in [-0.3, -0.25) is 14.4 Å². The number of nitrogens with one attached hydrogen (secondary N) is 3. The summed E-state index contributed by atoms with van der Waals surface area (Å²) in [5.74, 6) is -0.825. The summed E-state index contributed by atoms with van der Waals surface area (Å²) in [6.45, 7) is 6.18. The molecule has 0 spiro atoms. The summed E-state index contributed by atoms with van der Waals surface area (Å²) in [6.07, 6.45) is 2.16.